The van der Waals surface area contributed by atoms with Crippen LogP contribution in [0.5, 0.6) is 0 Å². The summed E-state index contributed by atoms with van der Waals surface area (Å²) in [5.41, 5.74) is 0.885. The summed E-state index contributed by atoms with van der Waals surface area (Å²) in [4.78, 5) is 23.5. The molecule has 0 aliphatic carbocycles. The number of carbonyl (C=O) groups is 2. The quantitative estimate of drug-likeness (QED) is 0.722. The Balaban J connectivity index is 1.94. The zero-order chi connectivity index (χ0) is 13.7. The molecule has 19 heavy (non-hydrogen) atoms. The Labute approximate surface area is 112 Å². The summed E-state index contributed by atoms with van der Waals surface area (Å²) in [5.74, 6) is -1.21. The highest BCUT2D eigenvalue weighted by molar-refractivity contribution is 7.14. The van der Waals surface area contributed by atoms with E-state index in [4.69, 9.17) is 5.11 Å². The molecular formula is C12H11N3O3S. The summed E-state index contributed by atoms with van der Waals surface area (Å²) in [5, 5.41) is 17.7. The maximum atomic E-state index is 11.8. The molecule has 98 valence electrons. The van der Waals surface area contributed by atoms with Crippen molar-refractivity contribution < 1.29 is 14.7 Å². The van der Waals surface area contributed by atoms with Gasteiger partial charge < -0.3 is 10.4 Å². The molecule has 3 N–H and O–H groups in total. The third-order valence-corrected chi connectivity index (χ3v) is 3.30. The summed E-state index contributed by atoms with van der Waals surface area (Å²) in [7, 11) is 0. The first-order chi connectivity index (χ1) is 9.15. The molecule has 0 aliphatic heterocycles. The van der Waals surface area contributed by atoms with Gasteiger partial charge in [0, 0.05) is 29.3 Å². The second kappa shape index (κ2) is 5.96. The third kappa shape index (κ3) is 3.78. The Morgan fingerprint density at radius 1 is 1.47 bits per heavy atom. The van der Waals surface area contributed by atoms with Crippen molar-refractivity contribution in [2.75, 3.05) is 0 Å². The van der Waals surface area contributed by atoms with Crippen LogP contribution < -0.4 is 5.32 Å². The van der Waals surface area contributed by atoms with Crippen LogP contribution in [-0.2, 0) is 11.3 Å². The minimum absolute atomic E-state index is 0.193. The molecule has 2 aromatic heterocycles. The lowest BCUT2D eigenvalue weighted by molar-refractivity contribution is -0.131. The van der Waals surface area contributed by atoms with Gasteiger partial charge in [0.15, 0.2) is 0 Å². The number of H-pyrrole nitrogens is 1. The summed E-state index contributed by atoms with van der Waals surface area (Å²) in [6.45, 7) is 0.396. The van der Waals surface area contributed by atoms with Gasteiger partial charge in [-0.25, -0.2) is 4.79 Å². The predicted octanol–water partition coefficient (Wildman–Crippen LogP) is 1.50. The predicted molar refractivity (Wildman–Crippen MR) is 70.7 cm³/mol. The lowest BCUT2D eigenvalue weighted by Gasteiger charge is -2.00. The van der Waals surface area contributed by atoms with E-state index in [0.29, 0.717) is 11.4 Å². The number of thiophene rings is 1. The second-order valence-electron chi connectivity index (χ2n) is 3.66. The number of amides is 1. The van der Waals surface area contributed by atoms with E-state index < -0.39 is 5.97 Å². The van der Waals surface area contributed by atoms with E-state index in [2.05, 4.69) is 15.5 Å². The molecule has 2 aromatic rings. The average Bonchev–Trinajstić information content (AvgIpc) is 3.04. The molecular weight excluding hydrogens is 266 g/mol. The molecule has 6 nitrogen and oxygen atoms in total. The van der Waals surface area contributed by atoms with Gasteiger partial charge in [-0.05, 0) is 18.2 Å². The maximum Gasteiger partial charge on any atom is 0.328 e. The van der Waals surface area contributed by atoms with Crippen LogP contribution in [0.2, 0.25) is 0 Å². The van der Waals surface area contributed by atoms with Gasteiger partial charge in [0.1, 0.15) is 0 Å². The fourth-order valence-electron chi connectivity index (χ4n) is 1.36. The van der Waals surface area contributed by atoms with Crippen molar-refractivity contribution in [1.29, 1.82) is 0 Å². The number of aromatic amines is 1. The molecule has 0 bridgehead atoms. The molecule has 0 atom stereocenters. The summed E-state index contributed by atoms with van der Waals surface area (Å²) >= 11 is 1.23. The Morgan fingerprint density at radius 2 is 2.32 bits per heavy atom. The molecule has 2 heterocycles. The van der Waals surface area contributed by atoms with Gasteiger partial charge in [0.25, 0.3) is 5.91 Å². The van der Waals surface area contributed by atoms with Crippen LogP contribution in [-0.4, -0.2) is 27.2 Å². The van der Waals surface area contributed by atoms with Crippen molar-refractivity contribution in [2.24, 2.45) is 0 Å². The molecule has 0 aromatic carbocycles. The minimum atomic E-state index is -1.01. The number of aromatic nitrogens is 2. The monoisotopic (exact) mass is 277 g/mol. The Hall–Kier alpha value is -2.41. The first kappa shape index (κ1) is 13.0. The molecule has 0 aliphatic rings. The highest BCUT2D eigenvalue weighted by Gasteiger charge is 2.08. The minimum Gasteiger partial charge on any atom is -0.478 e. The average molecular weight is 277 g/mol. The molecule has 0 unspecified atom stereocenters. The molecule has 2 rings (SSSR count). The maximum absolute atomic E-state index is 11.8. The van der Waals surface area contributed by atoms with Crippen LogP contribution in [0, 0.1) is 0 Å². The van der Waals surface area contributed by atoms with Gasteiger partial charge in [-0.2, -0.15) is 5.10 Å². The van der Waals surface area contributed by atoms with Crippen LogP contribution in [0.3, 0.4) is 0 Å². The zero-order valence-corrected chi connectivity index (χ0v) is 10.6. The molecule has 0 saturated carbocycles. The van der Waals surface area contributed by atoms with E-state index in [0.717, 1.165) is 16.5 Å². The van der Waals surface area contributed by atoms with Crippen molar-refractivity contribution >= 4 is 29.3 Å². The lowest BCUT2D eigenvalue weighted by Crippen LogP contribution is -2.21. The van der Waals surface area contributed by atoms with Gasteiger partial charge in [0.05, 0.1) is 11.1 Å². The van der Waals surface area contributed by atoms with Gasteiger partial charge in [0.2, 0.25) is 0 Å². The van der Waals surface area contributed by atoms with Crippen molar-refractivity contribution in [1.82, 2.24) is 15.5 Å². The van der Waals surface area contributed by atoms with Gasteiger partial charge in [-0.15, -0.1) is 11.3 Å². The molecule has 0 saturated heterocycles. The number of carbonyl (C=O) groups excluding carboxylic acids is 1. The lowest BCUT2D eigenvalue weighted by atomic mass is 10.3. The SMILES string of the molecule is O=C(O)C=Cc1ccc(C(=O)NCc2cn[nH]c2)s1. The van der Waals surface area contributed by atoms with Crippen LogP contribution in [0.1, 0.15) is 20.1 Å². The topological polar surface area (TPSA) is 95.1 Å². The van der Waals surface area contributed by atoms with Crippen LogP contribution >= 0.6 is 11.3 Å². The van der Waals surface area contributed by atoms with E-state index in [-0.39, 0.29) is 5.91 Å². The van der Waals surface area contributed by atoms with Crippen molar-refractivity contribution in [3.63, 3.8) is 0 Å². The Bertz CT molecular complexity index is 602. The van der Waals surface area contributed by atoms with E-state index in [1.54, 1.807) is 24.5 Å². The standard InChI is InChI=1S/C12H11N3O3S/c16-11(17)4-2-9-1-3-10(19-9)12(18)13-5-8-6-14-15-7-8/h1-4,6-7H,5H2,(H,13,18)(H,14,15)(H,16,17). The number of hydrogen-bond donors (Lipinski definition) is 3. The van der Waals surface area contributed by atoms with Gasteiger partial charge in [-0.3, -0.25) is 9.89 Å². The fraction of sp³-hybridized carbons (Fsp3) is 0.0833. The first-order valence-corrected chi connectivity index (χ1v) is 6.23. The molecule has 0 radical (unpaired) electrons. The Morgan fingerprint density at radius 3 is 3.00 bits per heavy atom. The summed E-state index contributed by atoms with van der Waals surface area (Å²) in [6.07, 6.45) is 5.84. The zero-order valence-electron chi connectivity index (χ0n) is 9.79. The summed E-state index contributed by atoms with van der Waals surface area (Å²) < 4.78 is 0. The highest BCUT2D eigenvalue weighted by atomic mass is 32.1. The molecule has 1 amide bonds. The van der Waals surface area contributed by atoms with E-state index in [9.17, 15) is 9.59 Å². The van der Waals surface area contributed by atoms with Crippen LogP contribution in [0.4, 0.5) is 0 Å². The van der Waals surface area contributed by atoms with Crippen molar-refractivity contribution in [2.45, 2.75) is 6.54 Å². The molecule has 7 heteroatoms. The number of nitrogens with one attached hydrogen (secondary N) is 2. The number of nitrogens with zero attached hydrogens (tertiary/aromatic N) is 1. The van der Waals surface area contributed by atoms with Crippen LogP contribution in [0.25, 0.3) is 6.08 Å². The van der Waals surface area contributed by atoms with E-state index in [1.165, 1.54) is 17.4 Å². The number of carboxylic acids is 1. The van der Waals surface area contributed by atoms with Crippen molar-refractivity contribution in [3.8, 4) is 0 Å². The third-order valence-electron chi connectivity index (χ3n) is 2.25. The number of carboxylic acid groups (broad SMARTS) is 1. The second-order valence-corrected chi connectivity index (χ2v) is 4.78. The molecule has 0 spiro atoms. The van der Waals surface area contributed by atoms with Crippen LogP contribution in [0.15, 0.2) is 30.6 Å². The van der Waals surface area contributed by atoms with Gasteiger partial charge >= 0.3 is 5.97 Å². The van der Waals surface area contributed by atoms with Gasteiger partial charge in [-0.1, -0.05) is 0 Å². The van der Waals surface area contributed by atoms with E-state index >= 15 is 0 Å². The Kier molecular flexibility index (Phi) is 4.09. The number of hydrogen-bond acceptors (Lipinski definition) is 4. The summed E-state index contributed by atoms with van der Waals surface area (Å²) in [6, 6.07) is 3.37. The first-order valence-electron chi connectivity index (χ1n) is 5.42. The highest BCUT2D eigenvalue weighted by Crippen LogP contribution is 2.17. The fourth-order valence-corrected chi connectivity index (χ4v) is 2.19. The van der Waals surface area contributed by atoms with E-state index in [1.807, 2.05) is 0 Å². The number of aliphatic carboxylic acids is 1. The normalized spacial score (nSPS) is 10.7. The van der Waals surface area contributed by atoms with Crippen molar-refractivity contribution in [3.05, 3.63) is 45.9 Å². The number of rotatable bonds is 5. The smallest absolute Gasteiger partial charge is 0.328 e. The molecule has 0 fully saturated rings. The largest absolute Gasteiger partial charge is 0.478 e.